The van der Waals surface area contributed by atoms with E-state index in [0.717, 1.165) is 24.3 Å². The van der Waals surface area contributed by atoms with Crippen LogP contribution in [0.1, 0.15) is 24.7 Å². The third kappa shape index (κ3) is 4.70. The minimum Gasteiger partial charge on any atom is -0.469 e. The topological polar surface area (TPSA) is 37.2 Å². The molecule has 3 nitrogen and oxygen atoms in total. The summed E-state index contributed by atoms with van der Waals surface area (Å²) >= 11 is 5.32. The summed E-state index contributed by atoms with van der Waals surface area (Å²) in [6.07, 6.45) is 3.59. The van der Waals surface area contributed by atoms with Crippen LogP contribution in [0.2, 0.25) is 0 Å². The Morgan fingerprint density at radius 3 is 2.85 bits per heavy atom. The molecule has 0 bridgehead atoms. The van der Waals surface area contributed by atoms with Gasteiger partial charge in [-0.3, -0.25) is 0 Å². The van der Waals surface area contributed by atoms with Gasteiger partial charge in [-0.1, -0.05) is 12.1 Å². The van der Waals surface area contributed by atoms with E-state index in [4.69, 9.17) is 16.6 Å². The second kappa shape index (κ2) is 7.10. The molecule has 0 saturated heterocycles. The Morgan fingerprint density at radius 2 is 2.15 bits per heavy atom. The highest BCUT2D eigenvalue weighted by Gasteiger charge is 2.06. The van der Waals surface area contributed by atoms with Crippen molar-refractivity contribution in [1.29, 1.82) is 0 Å². The molecule has 0 aliphatic heterocycles. The molecular formula is C16H20N2OS. The molecule has 2 aromatic rings. The van der Waals surface area contributed by atoms with Crippen molar-refractivity contribution in [3.05, 3.63) is 54.0 Å². The molecule has 0 saturated carbocycles. The standard InChI is InChI=1S/C16H20N2OS/c1-12-5-3-6-14(11-12)18-16(20)17-13(2)8-9-15-7-4-10-19-15/h3-7,10-11,13H,8-9H2,1-2H3,(H2,17,18,20)/t13-/m1/s1. The van der Waals surface area contributed by atoms with Gasteiger partial charge in [0.15, 0.2) is 5.11 Å². The summed E-state index contributed by atoms with van der Waals surface area (Å²) in [6, 6.07) is 12.4. The second-order valence-corrected chi connectivity index (χ2v) is 5.40. The van der Waals surface area contributed by atoms with Gasteiger partial charge in [-0.2, -0.15) is 0 Å². The molecule has 0 aliphatic rings. The number of rotatable bonds is 5. The largest absolute Gasteiger partial charge is 0.469 e. The Kier molecular flexibility index (Phi) is 5.18. The summed E-state index contributed by atoms with van der Waals surface area (Å²) in [4.78, 5) is 0. The molecule has 2 N–H and O–H groups in total. The van der Waals surface area contributed by atoms with Gasteiger partial charge in [0, 0.05) is 18.2 Å². The Morgan fingerprint density at radius 1 is 1.30 bits per heavy atom. The molecule has 1 heterocycles. The molecule has 106 valence electrons. The fraction of sp³-hybridized carbons (Fsp3) is 0.312. The van der Waals surface area contributed by atoms with Gasteiger partial charge in [0.25, 0.3) is 0 Å². The van der Waals surface area contributed by atoms with E-state index in [1.165, 1.54) is 5.56 Å². The van der Waals surface area contributed by atoms with Crippen LogP contribution < -0.4 is 10.6 Å². The zero-order valence-corrected chi connectivity index (χ0v) is 12.7. The maximum absolute atomic E-state index is 5.32. The molecule has 1 atom stereocenters. The van der Waals surface area contributed by atoms with Crippen LogP contribution >= 0.6 is 12.2 Å². The van der Waals surface area contributed by atoms with Crippen LogP contribution in [-0.2, 0) is 6.42 Å². The van der Waals surface area contributed by atoms with E-state index in [9.17, 15) is 0 Å². The molecular weight excluding hydrogens is 268 g/mol. The van der Waals surface area contributed by atoms with Crippen LogP contribution in [0, 0.1) is 6.92 Å². The molecule has 2 rings (SSSR count). The summed E-state index contributed by atoms with van der Waals surface area (Å²) in [6.45, 7) is 4.18. The molecule has 0 aliphatic carbocycles. The predicted octanol–water partition coefficient (Wildman–Crippen LogP) is 3.90. The van der Waals surface area contributed by atoms with E-state index in [1.807, 2.05) is 24.3 Å². The lowest BCUT2D eigenvalue weighted by atomic mass is 10.1. The van der Waals surface area contributed by atoms with Gasteiger partial charge in [0.05, 0.1) is 6.26 Å². The van der Waals surface area contributed by atoms with Crippen molar-refractivity contribution in [1.82, 2.24) is 5.32 Å². The van der Waals surface area contributed by atoms with Crippen molar-refractivity contribution in [3.8, 4) is 0 Å². The van der Waals surface area contributed by atoms with Crippen molar-refractivity contribution in [3.63, 3.8) is 0 Å². The normalized spacial score (nSPS) is 11.9. The maximum atomic E-state index is 5.32. The van der Waals surface area contributed by atoms with Gasteiger partial charge in [0.2, 0.25) is 0 Å². The number of anilines is 1. The summed E-state index contributed by atoms with van der Waals surface area (Å²) in [5.74, 6) is 1.01. The molecule has 0 amide bonds. The minimum absolute atomic E-state index is 0.296. The van der Waals surface area contributed by atoms with Gasteiger partial charge in [-0.05, 0) is 62.3 Å². The van der Waals surface area contributed by atoms with E-state index in [2.05, 4.69) is 36.6 Å². The summed E-state index contributed by atoms with van der Waals surface area (Å²) in [7, 11) is 0. The number of furan rings is 1. The van der Waals surface area contributed by atoms with Crippen molar-refractivity contribution in [2.45, 2.75) is 32.7 Å². The first-order chi connectivity index (χ1) is 9.63. The molecule has 0 radical (unpaired) electrons. The molecule has 20 heavy (non-hydrogen) atoms. The van der Waals surface area contributed by atoms with Gasteiger partial charge in [0.1, 0.15) is 5.76 Å². The number of hydrogen-bond acceptors (Lipinski definition) is 2. The molecule has 0 spiro atoms. The quantitative estimate of drug-likeness (QED) is 0.818. The van der Waals surface area contributed by atoms with E-state index < -0.39 is 0 Å². The average molecular weight is 288 g/mol. The number of nitrogens with one attached hydrogen (secondary N) is 2. The Balaban J connectivity index is 1.76. The number of hydrogen-bond donors (Lipinski definition) is 2. The minimum atomic E-state index is 0.296. The lowest BCUT2D eigenvalue weighted by Crippen LogP contribution is -2.36. The highest BCUT2D eigenvalue weighted by Crippen LogP contribution is 2.10. The Labute approximate surface area is 125 Å². The number of benzene rings is 1. The number of thiocarbonyl (C=S) groups is 1. The van der Waals surface area contributed by atoms with Crippen molar-refractivity contribution in [2.75, 3.05) is 5.32 Å². The smallest absolute Gasteiger partial charge is 0.170 e. The lowest BCUT2D eigenvalue weighted by molar-refractivity contribution is 0.483. The highest BCUT2D eigenvalue weighted by molar-refractivity contribution is 7.80. The van der Waals surface area contributed by atoms with Crippen LogP contribution in [0.15, 0.2) is 47.1 Å². The zero-order chi connectivity index (χ0) is 14.4. The van der Waals surface area contributed by atoms with E-state index in [-0.39, 0.29) is 0 Å². The van der Waals surface area contributed by atoms with Gasteiger partial charge in [-0.25, -0.2) is 0 Å². The fourth-order valence-electron chi connectivity index (χ4n) is 2.00. The third-order valence-electron chi connectivity index (χ3n) is 3.06. The first kappa shape index (κ1) is 14.6. The first-order valence-electron chi connectivity index (χ1n) is 6.80. The van der Waals surface area contributed by atoms with Gasteiger partial charge in [-0.15, -0.1) is 0 Å². The second-order valence-electron chi connectivity index (χ2n) is 4.99. The fourth-order valence-corrected chi connectivity index (χ4v) is 2.32. The Bertz CT molecular complexity index is 551. The summed E-state index contributed by atoms with van der Waals surface area (Å²) < 4.78 is 5.32. The van der Waals surface area contributed by atoms with Crippen molar-refractivity contribution >= 4 is 23.0 Å². The van der Waals surface area contributed by atoms with Crippen LogP contribution in [0.25, 0.3) is 0 Å². The highest BCUT2D eigenvalue weighted by atomic mass is 32.1. The third-order valence-corrected chi connectivity index (χ3v) is 3.28. The van der Waals surface area contributed by atoms with Crippen molar-refractivity contribution in [2.24, 2.45) is 0 Å². The molecule has 0 fully saturated rings. The SMILES string of the molecule is Cc1cccc(NC(=S)N[C@H](C)CCc2ccco2)c1. The van der Waals surface area contributed by atoms with Gasteiger partial charge < -0.3 is 15.1 Å². The summed E-state index contributed by atoms with van der Waals surface area (Å²) in [5, 5.41) is 7.15. The lowest BCUT2D eigenvalue weighted by Gasteiger charge is -2.16. The molecule has 0 unspecified atom stereocenters. The van der Waals surface area contributed by atoms with Gasteiger partial charge >= 0.3 is 0 Å². The van der Waals surface area contributed by atoms with Crippen LogP contribution in [0.5, 0.6) is 0 Å². The van der Waals surface area contributed by atoms with E-state index in [0.29, 0.717) is 11.2 Å². The van der Waals surface area contributed by atoms with Crippen molar-refractivity contribution < 1.29 is 4.42 Å². The molecule has 1 aromatic carbocycles. The van der Waals surface area contributed by atoms with Crippen LogP contribution in [0.4, 0.5) is 5.69 Å². The maximum Gasteiger partial charge on any atom is 0.170 e. The monoisotopic (exact) mass is 288 g/mol. The van der Waals surface area contributed by atoms with Crippen LogP contribution in [0.3, 0.4) is 0 Å². The first-order valence-corrected chi connectivity index (χ1v) is 7.21. The zero-order valence-electron chi connectivity index (χ0n) is 11.8. The van der Waals surface area contributed by atoms with E-state index >= 15 is 0 Å². The predicted molar refractivity (Wildman–Crippen MR) is 87.0 cm³/mol. The summed E-state index contributed by atoms with van der Waals surface area (Å²) in [5.41, 5.74) is 2.23. The molecule has 1 aromatic heterocycles. The van der Waals surface area contributed by atoms with Crippen LogP contribution in [-0.4, -0.2) is 11.2 Å². The number of aryl methyl sites for hydroxylation is 2. The molecule has 4 heteroatoms. The average Bonchev–Trinajstić information content (AvgIpc) is 2.89. The van der Waals surface area contributed by atoms with E-state index in [1.54, 1.807) is 6.26 Å². The Hall–Kier alpha value is -1.81.